The summed E-state index contributed by atoms with van der Waals surface area (Å²) in [6.45, 7) is 0. The van der Waals surface area contributed by atoms with Crippen molar-refractivity contribution in [2.75, 3.05) is 24.3 Å². The number of anilines is 2. The lowest BCUT2D eigenvalue weighted by molar-refractivity contribution is -0.127. The standard InChI is InChI=1S/C28H38ClN5O/c1-34(2)25-23-7-3-4-8-24(23)32-27(33-25)31-22-15-13-21(14-16-22)30-26(35)28(17-5-6-18-28)19-9-11-20(29)12-10-19/h9-12,21-22H,3-8,13-18H2,1-2H3,(H,30,35)(H,31,32,33). The lowest BCUT2D eigenvalue weighted by Crippen LogP contribution is -2.48. The first-order valence-electron chi connectivity index (χ1n) is 13.4. The zero-order valence-corrected chi connectivity index (χ0v) is 21.8. The van der Waals surface area contributed by atoms with Crippen molar-refractivity contribution >= 4 is 29.3 Å². The summed E-state index contributed by atoms with van der Waals surface area (Å²) in [5, 5.41) is 7.76. The highest BCUT2D eigenvalue weighted by Crippen LogP contribution is 2.42. The normalized spacial score (nSPS) is 23.4. The van der Waals surface area contributed by atoms with E-state index in [1.807, 2.05) is 24.3 Å². The Bertz CT molecular complexity index is 1040. The van der Waals surface area contributed by atoms with Crippen LogP contribution in [0, 0.1) is 0 Å². The maximum atomic E-state index is 13.5. The van der Waals surface area contributed by atoms with Crippen molar-refractivity contribution in [1.82, 2.24) is 15.3 Å². The van der Waals surface area contributed by atoms with Gasteiger partial charge in [0.05, 0.1) is 11.1 Å². The third kappa shape index (κ3) is 5.13. The van der Waals surface area contributed by atoms with Crippen LogP contribution >= 0.6 is 11.6 Å². The van der Waals surface area contributed by atoms with Crippen LogP contribution in [0.4, 0.5) is 11.8 Å². The number of nitrogens with one attached hydrogen (secondary N) is 2. The maximum Gasteiger partial charge on any atom is 0.230 e. The molecule has 5 rings (SSSR count). The van der Waals surface area contributed by atoms with Crippen LogP contribution in [0.3, 0.4) is 0 Å². The van der Waals surface area contributed by atoms with Crippen molar-refractivity contribution in [2.45, 2.75) is 94.5 Å². The Hall–Kier alpha value is -2.34. The van der Waals surface area contributed by atoms with Crippen LogP contribution in [0.5, 0.6) is 0 Å². The molecule has 1 aromatic heterocycles. The summed E-state index contributed by atoms with van der Waals surface area (Å²) in [7, 11) is 4.13. The number of fused-ring (bicyclic) bond motifs is 1. The van der Waals surface area contributed by atoms with Gasteiger partial charge < -0.3 is 15.5 Å². The minimum Gasteiger partial charge on any atom is -0.362 e. The molecular weight excluding hydrogens is 458 g/mol. The molecule has 0 radical (unpaired) electrons. The van der Waals surface area contributed by atoms with Crippen LogP contribution in [0.2, 0.25) is 5.02 Å². The molecular formula is C28H38ClN5O. The molecule has 0 aliphatic heterocycles. The van der Waals surface area contributed by atoms with Crippen LogP contribution in [-0.2, 0) is 23.1 Å². The second kappa shape index (κ2) is 10.3. The molecule has 0 saturated heterocycles. The first-order valence-corrected chi connectivity index (χ1v) is 13.7. The van der Waals surface area contributed by atoms with E-state index in [0.29, 0.717) is 11.1 Å². The summed E-state index contributed by atoms with van der Waals surface area (Å²) in [5.74, 6) is 2.01. The van der Waals surface area contributed by atoms with E-state index < -0.39 is 5.41 Å². The highest BCUT2D eigenvalue weighted by atomic mass is 35.5. The third-order valence-corrected chi connectivity index (χ3v) is 8.52. The highest BCUT2D eigenvalue weighted by molar-refractivity contribution is 6.30. The van der Waals surface area contributed by atoms with Gasteiger partial charge in [0.1, 0.15) is 5.82 Å². The average Bonchev–Trinajstić information content (AvgIpc) is 3.36. The molecule has 1 aromatic carbocycles. The number of carbonyl (C=O) groups excluding carboxylic acids is 1. The minimum absolute atomic E-state index is 0.197. The maximum absolute atomic E-state index is 13.5. The SMILES string of the molecule is CN(C)c1nc(NC2CCC(NC(=O)C3(c4ccc(Cl)cc4)CCCC3)CC2)nc2c1CCCC2. The molecule has 0 atom stereocenters. The second-order valence-electron chi connectivity index (χ2n) is 10.9. The molecule has 0 unspecified atom stereocenters. The molecule has 2 saturated carbocycles. The zero-order chi connectivity index (χ0) is 24.4. The fourth-order valence-corrected chi connectivity index (χ4v) is 6.42. The summed E-state index contributed by atoms with van der Waals surface area (Å²) >= 11 is 6.11. The fraction of sp³-hybridized carbons (Fsp3) is 0.607. The van der Waals surface area contributed by atoms with Gasteiger partial charge in [-0.3, -0.25) is 4.79 Å². The fourth-order valence-electron chi connectivity index (χ4n) is 6.29. The van der Waals surface area contributed by atoms with Crippen molar-refractivity contribution < 1.29 is 4.79 Å². The van der Waals surface area contributed by atoms with Crippen LogP contribution in [0.1, 0.15) is 81.0 Å². The molecule has 3 aliphatic rings. The minimum atomic E-state index is -0.404. The van der Waals surface area contributed by atoms with Gasteiger partial charge >= 0.3 is 0 Å². The Morgan fingerprint density at radius 1 is 0.943 bits per heavy atom. The van der Waals surface area contributed by atoms with Gasteiger partial charge in [-0.05, 0) is 81.9 Å². The number of hydrogen-bond donors (Lipinski definition) is 2. The topological polar surface area (TPSA) is 70.2 Å². The molecule has 188 valence electrons. The van der Waals surface area contributed by atoms with E-state index in [0.717, 1.165) is 81.5 Å². The van der Waals surface area contributed by atoms with E-state index in [4.69, 9.17) is 21.6 Å². The van der Waals surface area contributed by atoms with Gasteiger partial charge in [0.25, 0.3) is 0 Å². The molecule has 2 fully saturated rings. The van der Waals surface area contributed by atoms with Gasteiger partial charge in [-0.15, -0.1) is 0 Å². The van der Waals surface area contributed by atoms with E-state index >= 15 is 0 Å². The lowest BCUT2D eigenvalue weighted by atomic mass is 9.77. The van der Waals surface area contributed by atoms with Crippen molar-refractivity contribution in [1.29, 1.82) is 0 Å². The molecule has 1 amide bonds. The number of hydrogen-bond acceptors (Lipinski definition) is 5. The number of carbonyl (C=O) groups is 1. The van der Waals surface area contributed by atoms with Crippen molar-refractivity contribution in [2.24, 2.45) is 0 Å². The number of rotatable bonds is 6. The van der Waals surface area contributed by atoms with E-state index in [1.165, 1.54) is 24.1 Å². The first kappa shape index (κ1) is 24.4. The number of halogens is 1. The van der Waals surface area contributed by atoms with E-state index in [1.54, 1.807) is 0 Å². The molecule has 0 bridgehead atoms. The smallest absolute Gasteiger partial charge is 0.230 e. The average molecular weight is 496 g/mol. The van der Waals surface area contributed by atoms with Crippen LogP contribution in [-0.4, -0.2) is 42.1 Å². The van der Waals surface area contributed by atoms with Gasteiger partial charge in [0, 0.05) is 36.8 Å². The van der Waals surface area contributed by atoms with Crippen LogP contribution < -0.4 is 15.5 Å². The third-order valence-electron chi connectivity index (χ3n) is 8.27. The Balaban J connectivity index is 1.20. The van der Waals surface area contributed by atoms with Gasteiger partial charge in [-0.1, -0.05) is 36.6 Å². The molecule has 1 heterocycles. The van der Waals surface area contributed by atoms with Gasteiger partial charge in [0.2, 0.25) is 11.9 Å². The summed E-state index contributed by atoms with van der Waals surface area (Å²) in [5.41, 5.74) is 3.23. The molecule has 0 spiro atoms. The second-order valence-corrected chi connectivity index (χ2v) is 11.3. The zero-order valence-electron chi connectivity index (χ0n) is 21.1. The molecule has 2 N–H and O–H groups in total. The summed E-state index contributed by atoms with van der Waals surface area (Å²) < 4.78 is 0. The highest BCUT2D eigenvalue weighted by Gasteiger charge is 2.43. The monoisotopic (exact) mass is 495 g/mol. The van der Waals surface area contributed by atoms with Gasteiger partial charge in [-0.2, -0.15) is 4.98 Å². The number of nitrogens with zero attached hydrogens (tertiary/aromatic N) is 3. The Kier molecular flexibility index (Phi) is 7.19. The van der Waals surface area contributed by atoms with Gasteiger partial charge in [-0.25, -0.2) is 4.98 Å². The Labute approximate surface area is 214 Å². The van der Waals surface area contributed by atoms with Crippen molar-refractivity contribution in [3.8, 4) is 0 Å². The molecule has 35 heavy (non-hydrogen) atoms. The number of amides is 1. The number of benzene rings is 1. The van der Waals surface area contributed by atoms with Crippen molar-refractivity contribution in [3.63, 3.8) is 0 Å². The predicted molar refractivity (Wildman–Crippen MR) is 142 cm³/mol. The molecule has 7 heteroatoms. The Morgan fingerprint density at radius 3 is 2.29 bits per heavy atom. The lowest BCUT2D eigenvalue weighted by Gasteiger charge is -2.34. The number of aromatic nitrogens is 2. The first-order chi connectivity index (χ1) is 16.9. The van der Waals surface area contributed by atoms with Crippen LogP contribution in [0.25, 0.3) is 0 Å². The van der Waals surface area contributed by atoms with E-state index in [-0.39, 0.29) is 11.9 Å². The Morgan fingerprint density at radius 2 is 1.60 bits per heavy atom. The molecule has 2 aromatic rings. The number of aryl methyl sites for hydroxylation is 1. The summed E-state index contributed by atoms with van der Waals surface area (Å²) in [6, 6.07) is 8.46. The summed E-state index contributed by atoms with van der Waals surface area (Å²) in [4.78, 5) is 25.4. The molecule has 6 nitrogen and oxygen atoms in total. The molecule has 3 aliphatic carbocycles. The largest absolute Gasteiger partial charge is 0.362 e. The van der Waals surface area contributed by atoms with E-state index in [2.05, 4.69) is 29.6 Å². The van der Waals surface area contributed by atoms with Crippen molar-refractivity contribution in [3.05, 3.63) is 46.1 Å². The van der Waals surface area contributed by atoms with Gasteiger partial charge in [0.15, 0.2) is 0 Å². The van der Waals surface area contributed by atoms with Crippen LogP contribution in [0.15, 0.2) is 24.3 Å². The van der Waals surface area contributed by atoms with E-state index in [9.17, 15) is 4.79 Å². The summed E-state index contributed by atoms with van der Waals surface area (Å²) in [6.07, 6.45) is 12.6. The quantitative estimate of drug-likeness (QED) is 0.559. The predicted octanol–water partition coefficient (Wildman–Crippen LogP) is 5.43.